The molecule has 7 heteroatoms. The Labute approximate surface area is 125 Å². The molecule has 1 aromatic rings. The Morgan fingerprint density at radius 1 is 1.45 bits per heavy atom. The largest absolute Gasteiger partial charge is 0.312 e. The summed E-state index contributed by atoms with van der Waals surface area (Å²) in [7, 11) is -2.00. The van der Waals surface area contributed by atoms with E-state index in [4.69, 9.17) is 11.6 Å². The van der Waals surface area contributed by atoms with Crippen molar-refractivity contribution in [3.63, 3.8) is 0 Å². The number of benzene rings is 1. The molecule has 5 nitrogen and oxygen atoms in total. The van der Waals surface area contributed by atoms with Gasteiger partial charge in [0.25, 0.3) is 10.2 Å². The summed E-state index contributed by atoms with van der Waals surface area (Å²) in [6.45, 7) is 3.24. The van der Waals surface area contributed by atoms with Gasteiger partial charge in [-0.3, -0.25) is 0 Å². The van der Waals surface area contributed by atoms with Crippen LogP contribution in [-0.2, 0) is 10.2 Å². The van der Waals surface area contributed by atoms with Gasteiger partial charge in [-0.05, 0) is 37.1 Å². The van der Waals surface area contributed by atoms with Crippen LogP contribution in [-0.4, -0.2) is 34.6 Å². The second-order valence-electron chi connectivity index (χ2n) is 5.02. The summed E-state index contributed by atoms with van der Waals surface area (Å²) >= 11 is 6.05. The van der Waals surface area contributed by atoms with Crippen LogP contribution in [0, 0.1) is 6.92 Å². The zero-order valence-electron chi connectivity index (χ0n) is 11.6. The first-order valence-electron chi connectivity index (χ1n) is 6.60. The van der Waals surface area contributed by atoms with E-state index in [0.29, 0.717) is 12.5 Å². The Balaban J connectivity index is 2.09. The monoisotopic (exact) mass is 317 g/mol. The van der Waals surface area contributed by atoms with E-state index in [1.165, 1.54) is 12.6 Å². The van der Waals surface area contributed by atoms with Crippen molar-refractivity contribution < 1.29 is 8.42 Å². The first-order chi connectivity index (χ1) is 9.43. The molecule has 3 N–H and O–H groups in total. The lowest BCUT2D eigenvalue weighted by molar-refractivity contribution is 0.518. The normalized spacial score (nSPS) is 23.1. The van der Waals surface area contributed by atoms with E-state index in [1.54, 1.807) is 0 Å². The van der Waals surface area contributed by atoms with Crippen molar-refractivity contribution in [3.8, 4) is 0 Å². The fourth-order valence-corrected chi connectivity index (χ4v) is 3.21. The molecule has 0 radical (unpaired) electrons. The average molecular weight is 318 g/mol. The number of nitrogens with one attached hydrogen (secondary N) is 3. The highest BCUT2D eigenvalue weighted by molar-refractivity contribution is 7.87. The van der Waals surface area contributed by atoms with Gasteiger partial charge in [0, 0.05) is 30.6 Å². The highest BCUT2D eigenvalue weighted by atomic mass is 35.5. The molecular formula is C13H20ClN3O2S. The predicted molar refractivity (Wildman–Crippen MR) is 81.3 cm³/mol. The van der Waals surface area contributed by atoms with Crippen molar-refractivity contribution in [2.24, 2.45) is 0 Å². The van der Waals surface area contributed by atoms with Crippen LogP contribution in [0.25, 0.3) is 0 Å². The molecule has 0 spiro atoms. The molecule has 1 unspecified atom stereocenters. The SMILES string of the molecule is CNS(=O)(=O)NC[C@H]1NCCC1c1ccc(Cl)c(C)c1. The van der Waals surface area contributed by atoms with Gasteiger partial charge >= 0.3 is 0 Å². The van der Waals surface area contributed by atoms with Crippen LogP contribution < -0.4 is 14.8 Å². The molecule has 0 aromatic heterocycles. The van der Waals surface area contributed by atoms with Crippen LogP contribution in [0.1, 0.15) is 23.5 Å². The second-order valence-corrected chi connectivity index (χ2v) is 7.13. The van der Waals surface area contributed by atoms with Crippen LogP contribution in [0.3, 0.4) is 0 Å². The molecular weight excluding hydrogens is 298 g/mol. The molecule has 0 aliphatic carbocycles. The third kappa shape index (κ3) is 3.71. The van der Waals surface area contributed by atoms with Gasteiger partial charge in [-0.1, -0.05) is 23.7 Å². The third-order valence-electron chi connectivity index (χ3n) is 3.72. The smallest absolute Gasteiger partial charge is 0.276 e. The minimum absolute atomic E-state index is 0.0960. The molecule has 1 fully saturated rings. The standard InChI is InChI=1S/C13H20ClN3O2S/c1-9-7-10(3-4-12(9)14)11-5-6-16-13(11)8-17-20(18,19)15-2/h3-4,7,11,13,15-17H,5-6,8H2,1-2H3/t11?,13-/m1/s1. The van der Waals surface area contributed by atoms with Gasteiger partial charge in [-0.15, -0.1) is 0 Å². The summed E-state index contributed by atoms with van der Waals surface area (Å²) in [5.41, 5.74) is 2.25. The minimum atomic E-state index is -3.39. The molecule has 0 bridgehead atoms. The molecule has 1 aromatic carbocycles. The van der Waals surface area contributed by atoms with Crippen LogP contribution in [0.2, 0.25) is 5.02 Å². The Hall–Kier alpha value is -0.660. The minimum Gasteiger partial charge on any atom is -0.312 e. The zero-order chi connectivity index (χ0) is 14.8. The quantitative estimate of drug-likeness (QED) is 0.763. The maximum atomic E-state index is 11.4. The number of hydrogen-bond donors (Lipinski definition) is 3. The van der Waals surface area contributed by atoms with E-state index in [9.17, 15) is 8.42 Å². The predicted octanol–water partition coefficient (Wildman–Crippen LogP) is 1.15. The fraction of sp³-hybridized carbons (Fsp3) is 0.538. The summed E-state index contributed by atoms with van der Waals surface area (Å²) in [5.74, 6) is 0.297. The Morgan fingerprint density at radius 2 is 2.20 bits per heavy atom. The number of halogens is 1. The maximum absolute atomic E-state index is 11.4. The van der Waals surface area contributed by atoms with Crippen molar-refractivity contribution in [2.75, 3.05) is 20.1 Å². The molecule has 1 saturated heterocycles. The molecule has 1 aliphatic rings. The van der Waals surface area contributed by atoms with Crippen molar-refractivity contribution in [2.45, 2.75) is 25.3 Å². The first kappa shape index (κ1) is 15.7. The van der Waals surface area contributed by atoms with Gasteiger partial charge in [0.05, 0.1) is 0 Å². The highest BCUT2D eigenvalue weighted by Crippen LogP contribution is 2.30. The van der Waals surface area contributed by atoms with E-state index < -0.39 is 10.2 Å². The Bertz CT molecular complexity index is 577. The summed E-state index contributed by atoms with van der Waals surface area (Å²) in [4.78, 5) is 0. The van der Waals surface area contributed by atoms with E-state index >= 15 is 0 Å². The fourth-order valence-electron chi connectivity index (χ4n) is 2.55. The van der Waals surface area contributed by atoms with Crippen molar-refractivity contribution in [3.05, 3.63) is 34.3 Å². The summed E-state index contributed by atoms with van der Waals surface area (Å²) in [5, 5.41) is 4.10. The molecule has 2 atom stereocenters. The van der Waals surface area contributed by atoms with E-state index in [0.717, 1.165) is 23.6 Å². The van der Waals surface area contributed by atoms with Crippen LogP contribution in [0.4, 0.5) is 0 Å². The van der Waals surface area contributed by atoms with Crippen LogP contribution in [0.15, 0.2) is 18.2 Å². The average Bonchev–Trinajstić information content (AvgIpc) is 2.88. The molecule has 20 heavy (non-hydrogen) atoms. The molecule has 1 heterocycles. The van der Waals surface area contributed by atoms with E-state index in [1.807, 2.05) is 19.1 Å². The van der Waals surface area contributed by atoms with Crippen LogP contribution >= 0.6 is 11.6 Å². The topological polar surface area (TPSA) is 70.2 Å². The van der Waals surface area contributed by atoms with Gasteiger partial charge in [-0.2, -0.15) is 8.42 Å². The third-order valence-corrected chi connectivity index (χ3v) is 5.23. The van der Waals surface area contributed by atoms with Gasteiger partial charge in [0.1, 0.15) is 0 Å². The van der Waals surface area contributed by atoms with Gasteiger partial charge in [0.15, 0.2) is 0 Å². The Morgan fingerprint density at radius 3 is 2.85 bits per heavy atom. The number of rotatable bonds is 5. The zero-order valence-corrected chi connectivity index (χ0v) is 13.2. The lowest BCUT2D eigenvalue weighted by Crippen LogP contribution is -2.43. The molecule has 0 saturated carbocycles. The van der Waals surface area contributed by atoms with Crippen molar-refractivity contribution >= 4 is 21.8 Å². The summed E-state index contributed by atoms with van der Waals surface area (Å²) in [6, 6.07) is 6.10. The number of aryl methyl sites for hydroxylation is 1. The van der Waals surface area contributed by atoms with Crippen molar-refractivity contribution in [1.29, 1.82) is 0 Å². The van der Waals surface area contributed by atoms with Crippen molar-refractivity contribution in [1.82, 2.24) is 14.8 Å². The van der Waals surface area contributed by atoms with Crippen LogP contribution in [0.5, 0.6) is 0 Å². The highest BCUT2D eigenvalue weighted by Gasteiger charge is 2.29. The van der Waals surface area contributed by atoms with E-state index in [-0.39, 0.29) is 6.04 Å². The summed E-state index contributed by atoms with van der Waals surface area (Å²) in [6.07, 6.45) is 0.993. The molecule has 2 rings (SSSR count). The lowest BCUT2D eigenvalue weighted by atomic mass is 9.91. The summed E-state index contributed by atoms with van der Waals surface area (Å²) < 4.78 is 27.7. The second kappa shape index (κ2) is 6.41. The van der Waals surface area contributed by atoms with Gasteiger partial charge in [0.2, 0.25) is 0 Å². The van der Waals surface area contributed by atoms with Gasteiger partial charge < -0.3 is 5.32 Å². The first-order valence-corrected chi connectivity index (χ1v) is 8.46. The maximum Gasteiger partial charge on any atom is 0.276 e. The molecule has 1 aliphatic heterocycles. The molecule has 112 valence electrons. The molecule has 0 amide bonds. The van der Waals surface area contributed by atoms with E-state index in [2.05, 4.69) is 20.8 Å². The van der Waals surface area contributed by atoms with Gasteiger partial charge in [-0.25, -0.2) is 9.44 Å². The Kier molecular flexibility index (Phi) is 5.04. The number of hydrogen-bond acceptors (Lipinski definition) is 3. The lowest BCUT2D eigenvalue weighted by Gasteiger charge is -2.21.